The van der Waals surface area contributed by atoms with Gasteiger partial charge in [-0.05, 0) is 24.8 Å². The Kier molecular flexibility index (Phi) is 12.8. The molecule has 0 spiro atoms. The van der Waals surface area contributed by atoms with Crippen LogP contribution in [0.15, 0.2) is 5.11 Å². The van der Waals surface area contributed by atoms with E-state index in [9.17, 15) is 24.3 Å². The zero-order chi connectivity index (χ0) is 24.8. The summed E-state index contributed by atoms with van der Waals surface area (Å²) in [7, 11) is 0. The summed E-state index contributed by atoms with van der Waals surface area (Å²) in [5.74, 6) is -2.68. The Bertz CT molecular complexity index is 726. The Morgan fingerprint density at radius 1 is 0.939 bits per heavy atom. The van der Waals surface area contributed by atoms with E-state index in [4.69, 9.17) is 24.5 Å². The zero-order valence-electron chi connectivity index (χ0n) is 19.1. The quantitative estimate of drug-likeness (QED) is 0.131. The third kappa shape index (κ3) is 9.24. The van der Waals surface area contributed by atoms with Gasteiger partial charge in [0, 0.05) is 24.2 Å². The Balaban J connectivity index is 3.35. The van der Waals surface area contributed by atoms with Gasteiger partial charge in [0.05, 0.1) is 6.61 Å². The molecule has 0 aliphatic carbocycles. The summed E-state index contributed by atoms with van der Waals surface area (Å²) in [5.41, 5.74) is 8.47. The Morgan fingerprint density at radius 2 is 1.45 bits per heavy atom. The lowest BCUT2D eigenvalue weighted by atomic mass is 9.96. The molecule has 0 bridgehead atoms. The number of ether oxygens (including phenoxy) is 4. The minimum atomic E-state index is -1.46. The first kappa shape index (κ1) is 28.1. The lowest BCUT2D eigenvalue weighted by molar-refractivity contribution is -0.271. The van der Waals surface area contributed by atoms with Crippen LogP contribution in [0.2, 0.25) is 0 Å². The molecule has 1 aliphatic heterocycles. The molecule has 1 unspecified atom stereocenters. The number of hydrogen-bond acceptors (Lipinski definition) is 10. The van der Waals surface area contributed by atoms with Gasteiger partial charge < -0.3 is 29.4 Å². The van der Waals surface area contributed by atoms with Gasteiger partial charge >= 0.3 is 17.9 Å². The molecule has 1 saturated heterocycles. The van der Waals surface area contributed by atoms with Crippen LogP contribution >= 0.6 is 0 Å². The highest BCUT2D eigenvalue weighted by atomic mass is 16.7. The molecule has 1 rings (SSSR count). The van der Waals surface area contributed by atoms with Crippen molar-refractivity contribution in [3.05, 3.63) is 10.4 Å². The van der Waals surface area contributed by atoms with Crippen molar-refractivity contribution in [3.8, 4) is 0 Å². The topological polar surface area (TPSA) is 186 Å². The summed E-state index contributed by atoms with van der Waals surface area (Å²) in [6.45, 7) is 4.06. The van der Waals surface area contributed by atoms with E-state index in [0.717, 1.165) is 0 Å². The van der Waals surface area contributed by atoms with Gasteiger partial charge in [-0.15, -0.1) is 0 Å². The van der Waals surface area contributed by atoms with Gasteiger partial charge in [0.25, 0.3) is 0 Å². The van der Waals surface area contributed by atoms with Crippen LogP contribution in [0.5, 0.6) is 0 Å². The zero-order valence-corrected chi connectivity index (χ0v) is 19.1. The fraction of sp³-hybridized carbons (Fsp3) is 0.800. The van der Waals surface area contributed by atoms with E-state index in [1.54, 1.807) is 20.8 Å². The lowest BCUT2D eigenvalue weighted by Gasteiger charge is -2.44. The summed E-state index contributed by atoms with van der Waals surface area (Å²) in [6, 6.07) is -1.30. The molecule has 1 aliphatic rings. The van der Waals surface area contributed by atoms with Crippen LogP contribution < -0.4 is 5.32 Å². The Morgan fingerprint density at radius 3 is 1.94 bits per heavy atom. The summed E-state index contributed by atoms with van der Waals surface area (Å²) in [4.78, 5) is 51.5. The van der Waals surface area contributed by atoms with Crippen LogP contribution in [-0.4, -0.2) is 72.7 Å². The molecule has 5 atom stereocenters. The van der Waals surface area contributed by atoms with Gasteiger partial charge in [-0.3, -0.25) is 19.2 Å². The molecule has 0 aromatic heterocycles. The standard InChI is InChI=1S/C20H32N4O9/c1-4-7-14(27)31-18-12(11-25)30-20(33-16(29)9-6-3)17(23-13(26)10-22-24-21)19(18)32-15(28)8-5-2/h12,17-20,25H,4-11H2,1-3H3,(H,23,26)/t12-,17-,18+,19?,20+/m1/s1. The number of hydrogen-bond donors (Lipinski definition) is 2. The number of carbonyl (C=O) groups is 4. The first-order chi connectivity index (χ1) is 15.8. The number of carbonyl (C=O) groups excluding carboxylic acids is 4. The number of amides is 1. The fourth-order valence-corrected chi connectivity index (χ4v) is 3.14. The number of esters is 3. The molecule has 0 aromatic carbocycles. The highest BCUT2D eigenvalue weighted by Gasteiger charge is 2.52. The van der Waals surface area contributed by atoms with E-state index in [0.29, 0.717) is 19.3 Å². The van der Waals surface area contributed by atoms with E-state index < -0.39 is 67.6 Å². The smallest absolute Gasteiger partial charge is 0.308 e. The monoisotopic (exact) mass is 472 g/mol. The molecular weight excluding hydrogens is 440 g/mol. The second-order valence-electron chi connectivity index (χ2n) is 7.36. The SMILES string of the molecule is CCCC(=O)OC1[C@@H](NC(=O)CN=[N+]=[N-])[C@H](OC(=O)CCC)O[C@H](CO)[C@@H]1OC(=O)CCC. The molecule has 2 N–H and O–H groups in total. The van der Waals surface area contributed by atoms with E-state index >= 15 is 0 Å². The van der Waals surface area contributed by atoms with Crippen molar-refractivity contribution in [2.75, 3.05) is 13.2 Å². The predicted molar refractivity (Wildman–Crippen MR) is 112 cm³/mol. The third-order valence-electron chi connectivity index (χ3n) is 4.58. The number of azide groups is 1. The highest BCUT2D eigenvalue weighted by Crippen LogP contribution is 2.28. The Labute approximate surface area is 191 Å². The largest absolute Gasteiger partial charge is 0.456 e. The first-order valence-corrected chi connectivity index (χ1v) is 11.0. The second kappa shape index (κ2) is 15.0. The van der Waals surface area contributed by atoms with Crippen LogP contribution in [0, 0.1) is 0 Å². The van der Waals surface area contributed by atoms with Gasteiger partial charge in [0.1, 0.15) is 18.7 Å². The van der Waals surface area contributed by atoms with Crippen molar-refractivity contribution in [1.29, 1.82) is 0 Å². The number of nitrogens with one attached hydrogen (secondary N) is 1. The average Bonchev–Trinajstić information content (AvgIpc) is 2.76. The molecule has 1 fully saturated rings. The van der Waals surface area contributed by atoms with Crippen molar-refractivity contribution in [3.63, 3.8) is 0 Å². The maximum absolute atomic E-state index is 12.3. The number of aliphatic hydroxyl groups excluding tert-OH is 1. The summed E-state index contributed by atoms with van der Waals surface area (Å²) >= 11 is 0. The summed E-state index contributed by atoms with van der Waals surface area (Å²) in [5, 5.41) is 15.5. The summed E-state index contributed by atoms with van der Waals surface area (Å²) in [6.07, 6.45) is -3.71. The number of nitrogens with zero attached hydrogens (tertiary/aromatic N) is 3. The molecular formula is C20H32N4O9. The van der Waals surface area contributed by atoms with E-state index in [-0.39, 0.29) is 19.3 Å². The fourth-order valence-electron chi connectivity index (χ4n) is 3.14. The van der Waals surface area contributed by atoms with Crippen LogP contribution in [0.4, 0.5) is 0 Å². The molecule has 1 heterocycles. The van der Waals surface area contributed by atoms with Gasteiger partial charge in [-0.1, -0.05) is 25.9 Å². The van der Waals surface area contributed by atoms with Crippen LogP contribution in [-0.2, 0) is 38.1 Å². The minimum Gasteiger partial charge on any atom is -0.456 e. The van der Waals surface area contributed by atoms with E-state index in [1.165, 1.54) is 0 Å². The maximum atomic E-state index is 12.3. The van der Waals surface area contributed by atoms with Crippen LogP contribution in [0.25, 0.3) is 10.4 Å². The molecule has 33 heavy (non-hydrogen) atoms. The van der Waals surface area contributed by atoms with Crippen LogP contribution in [0.3, 0.4) is 0 Å². The number of aliphatic hydroxyl groups is 1. The van der Waals surface area contributed by atoms with E-state index in [1.807, 2.05) is 0 Å². The minimum absolute atomic E-state index is 0.0382. The predicted octanol–water partition coefficient (Wildman–Crippen LogP) is 1.27. The van der Waals surface area contributed by atoms with Gasteiger partial charge in [0.15, 0.2) is 12.2 Å². The molecule has 186 valence electrons. The number of rotatable bonds is 13. The molecule has 1 amide bonds. The van der Waals surface area contributed by atoms with Crippen molar-refractivity contribution in [2.24, 2.45) is 5.11 Å². The Hall–Kier alpha value is -2.89. The lowest BCUT2D eigenvalue weighted by Crippen LogP contribution is -2.67. The molecule has 13 heteroatoms. The molecule has 13 nitrogen and oxygen atoms in total. The van der Waals surface area contributed by atoms with Gasteiger partial charge in [-0.2, -0.15) is 0 Å². The summed E-state index contributed by atoms with van der Waals surface area (Å²) < 4.78 is 22.0. The van der Waals surface area contributed by atoms with Gasteiger partial charge in [0.2, 0.25) is 12.2 Å². The molecule has 0 radical (unpaired) electrons. The molecule has 0 saturated carbocycles. The first-order valence-electron chi connectivity index (χ1n) is 11.0. The third-order valence-corrected chi connectivity index (χ3v) is 4.58. The van der Waals surface area contributed by atoms with Gasteiger partial charge in [-0.25, -0.2) is 0 Å². The van der Waals surface area contributed by atoms with Crippen molar-refractivity contribution in [1.82, 2.24) is 5.32 Å². The van der Waals surface area contributed by atoms with Crippen molar-refractivity contribution in [2.45, 2.75) is 89.9 Å². The second-order valence-corrected chi connectivity index (χ2v) is 7.36. The van der Waals surface area contributed by atoms with Crippen molar-refractivity contribution >= 4 is 23.8 Å². The van der Waals surface area contributed by atoms with Crippen LogP contribution in [0.1, 0.15) is 59.3 Å². The maximum Gasteiger partial charge on any atom is 0.308 e. The van der Waals surface area contributed by atoms with Crippen molar-refractivity contribution < 1.29 is 43.2 Å². The highest BCUT2D eigenvalue weighted by molar-refractivity contribution is 5.79. The average molecular weight is 472 g/mol. The normalized spacial score (nSPS) is 24.2. The van der Waals surface area contributed by atoms with E-state index in [2.05, 4.69) is 15.3 Å². The molecule has 0 aromatic rings.